The molecule has 0 aromatic heterocycles. The van der Waals surface area contributed by atoms with Crippen molar-refractivity contribution in [2.24, 2.45) is 0 Å². The van der Waals surface area contributed by atoms with E-state index in [4.69, 9.17) is 0 Å². The third kappa shape index (κ3) is 3.57. The minimum atomic E-state index is -0.165. The Kier molecular flexibility index (Phi) is 4.32. The highest BCUT2D eigenvalue weighted by Crippen LogP contribution is 2.40. The van der Waals surface area contributed by atoms with Crippen LogP contribution in [-0.4, -0.2) is 10.9 Å². The van der Waals surface area contributed by atoms with E-state index >= 15 is 0 Å². The number of hydrogen-bond donors (Lipinski definition) is 1. The number of Topliss-reactive ketones (excluding diaryl/α,β-unsaturated/α-hetero) is 1. The van der Waals surface area contributed by atoms with E-state index in [9.17, 15) is 9.90 Å². The summed E-state index contributed by atoms with van der Waals surface area (Å²) >= 11 is 0. The summed E-state index contributed by atoms with van der Waals surface area (Å²) in [6, 6.07) is 4.01. The molecule has 124 valence electrons. The summed E-state index contributed by atoms with van der Waals surface area (Å²) in [5, 5.41) is 10.7. The molecule has 1 aromatic rings. The Morgan fingerprint density at radius 1 is 1.00 bits per heavy atom. The Morgan fingerprint density at radius 2 is 1.48 bits per heavy atom. The third-order valence-electron chi connectivity index (χ3n) is 4.40. The highest BCUT2D eigenvalue weighted by molar-refractivity contribution is 6.12. The fourth-order valence-electron chi connectivity index (χ4n) is 2.96. The van der Waals surface area contributed by atoms with Gasteiger partial charge in [-0.05, 0) is 53.0 Å². The van der Waals surface area contributed by atoms with Gasteiger partial charge in [-0.2, -0.15) is 0 Å². The number of carbonyl (C=O) groups is 1. The van der Waals surface area contributed by atoms with Gasteiger partial charge in [-0.15, -0.1) is 0 Å². The number of phenols is 1. The number of rotatable bonds is 1. The summed E-state index contributed by atoms with van der Waals surface area (Å²) in [6.07, 6.45) is 3.47. The number of aromatic hydroxyl groups is 1. The number of carbonyl (C=O) groups excluding carboxylic acids is 1. The molecular formula is C21H28O2. The molecular weight excluding hydrogens is 284 g/mol. The lowest BCUT2D eigenvalue weighted by Gasteiger charge is -2.28. The van der Waals surface area contributed by atoms with Gasteiger partial charge in [0.05, 0.1) is 0 Å². The van der Waals surface area contributed by atoms with Crippen LogP contribution in [0.2, 0.25) is 0 Å². The first-order valence-electron chi connectivity index (χ1n) is 8.22. The molecule has 1 N–H and O–H groups in total. The van der Waals surface area contributed by atoms with Crippen molar-refractivity contribution in [3.05, 3.63) is 46.5 Å². The average molecular weight is 312 g/mol. The largest absolute Gasteiger partial charge is 0.507 e. The molecule has 2 nitrogen and oxygen atoms in total. The zero-order chi connectivity index (χ0) is 17.6. The molecule has 0 bridgehead atoms. The van der Waals surface area contributed by atoms with E-state index in [-0.39, 0.29) is 16.6 Å². The first-order valence-corrected chi connectivity index (χ1v) is 8.22. The van der Waals surface area contributed by atoms with Gasteiger partial charge in [-0.25, -0.2) is 0 Å². The van der Waals surface area contributed by atoms with Crippen molar-refractivity contribution < 1.29 is 9.90 Å². The Labute approximate surface area is 139 Å². The van der Waals surface area contributed by atoms with Gasteiger partial charge >= 0.3 is 0 Å². The van der Waals surface area contributed by atoms with Gasteiger partial charge in [0.15, 0.2) is 5.78 Å². The number of phenolic OH excluding ortho intramolecular Hbond substituents is 1. The van der Waals surface area contributed by atoms with Crippen LogP contribution >= 0.6 is 0 Å². The third-order valence-corrected chi connectivity index (χ3v) is 4.40. The van der Waals surface area contributed by atoms with Gasteiger partial charge in [-0.1, -0.05) is 48.1 Å². The maximum atomic E-state index is 12.1. The highest BCUT2D eigenvalue weighted by Gasteiger charge is 2.27. The van der Waals surface area contributed by atoms with E-state index in [1.54, 1.807) is 0 Å². The number of benzene rings is 1. The van der Waals surface area contributed by atoms with E-state index in [1.807, 2.05) is 18.2 Å². The first kappa shape index (κ1) is 17.5. The SMILES string of the molecule is C=C1CC/C(=C\c2cc(C(C)(C)C)c(O)c(C(C)(C)C)c2)C1=O. The summed E-state index contributed by atoms with van der Waals surface area (Å²) in [7, 11) is 0. The quantitative estimate of drug-likeness (QED) is 0.715. The number of hydrogen-bond acceptors (Lipinski definition) is 2. The monoisotopic (exact) mass is 312 g/mol. The molecule has 23 heavy (non-hydrogen) atoms. The summed E-state index contributed by atoms with van der Waals surface area (Å²) in [4.78, 5) is 12.1. The maximum Gasteiger partial charge on any atom is 0.184 e. The summed E-state index contributed by atoms with van der Waals surface area (Å²) in [5.74, 6) is 0.446. The fraction of sp³-hybridized carbons (Fsp3) is 0.476. The van der Waals surface area contributed by atoms with Gasteiger partial charge in [0, 0.05) is 16.7 Å². The van der Waals surface area contributed by atoms with Gasteiger partial charge < -0.3 is 5.11 Å². The van der Waals surface area contributed by atoms with E-state index < -0.39 is 0 Å². The van der Waals surface area contributed by atoms with Crippen molar-refractivity contribution in [2.75, 3.05) is 0 Å². The lowest BCUT2D eigenvalue weighted by molar-refractivity contribution is -0.111. The molecule has 0 saturated heterocycles. The Morgan fingerprint density at radius 3 is 1.83 bits per heavy atom. The molecule has 0 heterocycles. The average Bonchev–Trinajstić information content (AvgIpc) is 2.70. The van der Waals surface area contributed by atoms with Crippen LogP contribution in [0.4, 0.5) is 0 Å². The second-order valence-electron chi connectivity index (χ2n) is 8.57. The number of allylic oxidation sites excluding steroid dienone is 2. The summed E-state index contributed by atoms with van der Waals surface area (Å²) < 4.78 is 0. The van der Waals surface area contributed by atoms with Crippen LogP contribution in [0.1, 0.15) is 71.1 Å². The van der Waals surface area contributed by atoms with Gasteiger partial charge in [0.25, 0.3) is 0 Å². The second-order valence-corrected chi connectivity index (χ2v) is 8.57. The predicted octanol–water partition coefficient (Wildman–Crippen LogP) is 5.29. The maximum absolute atomic E-state index is 12.1. The zero-order valence-electron chi connectivity index (χ0n) is 15.2. The van der Waals surface area contributed by atoms with E-state index in [0.29, 0.717) is 11.3 Å². The van der Waals surface area contributed by atoms with E-state index in [0.717, 1.165) is 35.1 Å². The second kappa shape index (κ2) is 5.67. The molecule has 1 saturated carbocycles. The smallest absolute Gasteiger partial charge is 0.184 e. The van der Waals surface area contributed by atoms with Crippen molar-refractivity contribution >= 4 is 11.9 Å². The van der Waals surface area contributed by atoms with Crippen LogP contribution in [0.3, 0.4) is 0 Å². The highest BCUT2D eigenvalue weighted by atomic mass is 16.3. The normalized spacial score (nSPS) is 18.1. The van der Waals surface area contributed by atoms with Crippen LogP contribution in [0.15, 0.2) is 29.9 Å². The molecule has 1 fully saturated rings. The van der Waals surface area contributed by atoms with Crippen LogP contribution in [-0.2, 0) is 15.6 Å². The molecule has 0 amide bonds. The lowest BCUT2D eigenvalue weighted by atomic mass is 9.78. The topological polar surface area (TPSA) is 37.3 Å². The van der Waals surface area contributed by atoms with E-state index in [2.05, 4.69) is 48.1 Å². The Hall–Kier alpha value is -1.83. The Bertz CT molecular complexity index is 657. The summed E-state index contributed by atoms with van der Waals surface area (Å²) in [6.45, 7) is 16.4. The van der Waals surface area contributed by atoms with Gasteiger partial charge in [0.2, 0.25) is 0 Å². The molecule has 1 aliphatic carbocycles. The van der Waals surface area contributed by atoms with E-state index in [1.165, 1.54) is 0 Å². The molecule has 0 unspecified atom stereocenters. The van der Waals surface area contributed by atoms with Crippen molar-refractivity contribution in [2.45, 2.75) is 65.2 Å². The standard InChI is InChI=1S/C21H28O2/c1-13-8-9-15(18(13)22)10-14-11-16(20(2,3)4)19(23)17(12-14)21(5,6)7/h10-12,23H,1,8-9H2,2-7H3/b15-10+. The summed E-state index contributed by atoms with van der Waals surface area (Å²) in [5.41, 5.74) is 4.00. The fourth-order valence-corrected chi connectivity index (χ4v) is 2.96. The Balaban J connectivity index is 2.64. The van der Waals surface area contributed by atoms with Gasteiger partial charge in [0.1, 0.15) is 5.75 Å². The molecule has 2 rings (SSSR count). The van der Waals surface area contributed by atoms with Gasteiger partial charge in [-0.3, -0.25) is 4.79 Å². The number of ketones is 1. The minimum Gasteiger partial charge on any atom is -0.507 e. The van der Waals surface area contributed by atoms with Crippen LogP contribution in [0.5, 0.6) is 5.75 Å². The molecule has 1 aromatic carbocycles. The zero-order valence-corrected chi connectivity index (χ0v) is 15.2. The minimum absolute atomic E-state index is 0.0766. The molecule has 0 spiro atoms. The van der Waals surface area contributed by atoms with Crippen LogP contribution < -0.4 is 0 Å². The predicted molar refractivity (Wildman–Crippen MR) is 96.9 cm³/mol. The molecule has 0 atom stereocenters. The molecule has 2 heteroatoms. The van der Waals surface area contributed by atoms with Crippen LogP contribution in [0, 0.1) is 0 Å². The van der Waals surface area contributed by atoms with Crippen molar-refractivity contribution in [3.63, 3.8) is 0 Å². The molecule has 1 aliphatic rings. The first-order chi connectivity index (χ1) is 10.4. The molecule has 0 radical (unpaired) electrons. The van der Waals surface area contributed by atoms with Crippen LogP contribution in [0.25, 0.3) is 6.08 Å². The van der Waals surface area contributed by atoms with Crippen molar-refractivity contribution in [3.8, 4) is 5.75 Å². The lowest BCUT2D eigenvalue weighted by Crippen LogP contribution is -2.17. The van der Waals surface area contributed by atoms with Crippen molar-refractivity contribution in [1.29, 1.82) is 0 Å². The van der Waals surface area contributed by atoms with Crippen molar-refractivity contribution in [1.82, 2.24) is 0 Å². The molecule has 0 aliphatic heterocycles.